The fourth-order valence-electron chi connectivity index (χ4n) is 2.62. The molecule has 0 atom stereocenters. The van der Waals surface area contributed by atoms with E-state index >= 15 is 0 Å². The van der Waals surface area contributed by atoms with Crippen molar-refractivity contribution in [2.45, 2.75) is 13.8 Å². The van der Waals surface area contributed by atoms with Gasteiger partial charge in [-0.05, 0) is 44.2 Å². The molecule has 4 N–H and O–H groups in total. The Hall–Kier alpha value is -2.83. The summed E-state index contributed by atoms with van der Waals surface area (Å²) in [5.74, 6) is -1.13. The second-order valence-corrected chi connectivity index (χ2v) is 7.00. The number of phenolic OH excluding ortho intramolecular Hbond substituents is 3. The zero-order chi connectivity index (χ0) is 19.9. The first-order valence-electron chi connectivity index (χ1n) is 7.89. The topological polar surface area (TPSA) is 98.5 Å². The molecule has 3 rings (SSSR count). The van der Waals surface area contributed by atoms with Crippen LogP contribution in [0.4, 0.5) is 0 Å². The largest absolute Gasteiger partial charge is 0.507 e. The molecule has 0 bridgehead atoms. The van der Waals surface area contributed by atoms with E-state index in [1.165, 1.54) is 16.8 Å². The highest BCUT2D eigenvalue weighted by Gasteiger charge is 2.11. The molecule has 0 saturated carbocycles. The maximum Gasteiger partial charge on any atom is 0.279 e. The molecule has 1 heterocycles. The quantitative estimate of drug-likeness (QED) is 0.388. The lowest BCUT2D eigenvalue weighted by Gasteiger charge is -2.03. The number of aromatic hydroxyl groups is 3. The second-order valence-electron chi connectivity index (χ2n) is 6.18. The zero-order valence-corrected chi connectivity index (χ0v) is 15.9. The predicted molar refractivity (Wildman–Crippen MR) is 105 cm³/mol. The molecule has 0 aliphatic carbocycles. The van der Waals surface area contributed by atoms with E-state index in [9.17, 15) is 20.1 Å². The van der Waals surface area contributed by atoms with Crippen LogP contribution in [0.15, 0.2) is 35.1 Å². The number of benzene rings is 2. The Labute approximate surface area is 163 Å². The van der Waals surface area contributed by atoms with Gasteiger partial charge in [0.05, 0.1) is 26.3 Å². The maximum atomic E-state index is 13.0. The molecular formula is C19H16Cl2N2O4. The average Bonchev–Trinajstić information content (AvgIpc) is 2.92. The van der Waals surface area contributed by atoms with Crippen LogP contribution in [0, 0.1) is 0 Å². The minimum absolute atomic E-state index is 0.185. The van der Waals surface area contributed by atoms with E-state index in [0.29, 0.717) is 21.1 Å². The summed E-state index contributed by atoms with van der Waals surface area (Å²) < 4.78 is 1.31. The molecule has 0 fully saturated rings. The van der Waals surface area contributed by atoms with E-state index in [4.69, 9.17) is 23.2 Å². The van der Waals surface area contributed by atoms with Crippen molar-refractivity contribution < 1.29 is 15.3 Å². The number of H-pyrrole nitrogens is 1. The molecule has 140 valence electrons. The van der Waals surface area contributed by atoms with Crippen LogP contribution in [0.1, 0.15) is 19.4 Å². The minimum atomic E-state index is -0.453. The SMILES string of the molecule is CC(C)=c1[nH]n(-c2ccc(Cl)c(Cl)c2)c(=O)c1=Cc1cc(O)c(O)cc1O. The molecule has 0 unspecified atom stereocenters. The Morgan fingerprint density at radius 3 is 2.30 bits per heavy atom. The van der Waals surface area contributed by atoms with E-state index in [1.54, 1.807) is 18.2 Å². The van der Waals surface area contributed by atoms with E-state index in [1.807, 2.05) is 13.8 Å². The number of nitrogens with zero attached hydrogens (tertiary/aromatic N) is 1. The van der Waals surface area contributed by atoms with Crippen LogP contribution < -0.4 is 16.1 Å². The fourth-order valence-corrected chi connectivity index (χ4v) is 2.92. The predicted octanol–water partition coefficient (Wildman–Crippen LogP) is 2.61. The summed E-state index contributed by atoms with van der Waals surface area (Å²) in [6, 6.07) is 6.98. The molecule has 6 nitrogen and oxygen atoms in total. The third kappa shape index (κ3) is 3.54. The number of rotatable bonds is 2. The third-order valence-corrected chi connectivity index (χ3v) is 4.75. The molecule has 3 aromatic rings. The Kier molecular flexibility index (Phi) is 4.95. The lowest BCUT2D eigenvalue weighted by molar-refractivity contribution is 0.396. The van der Waals surface area contributed by atoms with Crippen LogP contribution in [0.2, 0.25) is 10.0 Å². The summed E-state index contributed by atoms with van der Waals surface area (Å²) in [6.07, 6.45) is 1.43. The van der Waals surface area contributed by atoms with Gasteiger partial charge in [0, 0.05) is 11.6 Å². The van der Waals surface area contributed by atoms with E-state index in [0.717, 1.165) is 11.6 Å². The first-order chi connectivity index (χ1) is 12.7. The molecule has 0 spiro atoms. The van der Waals surface area contributed by atoms with Crippen molar-refractivity contribution in [3.63, 3.8) is 0 Å². The standard InChI is InChI=1S/C19H16Cl2N2O4/c1-9(2)18-12(5-10-6-16(25)17(26)8-15(10)24)19(27)23(22-18)11-3-4-13(20)14(21)7-11/h3-8,22,24-26H,1-2H3. The third-order valence-electron chi connectivity index (χ3n) is 4.01. The Morgan fingerprint density at radius 2 is 1.67 bits per heavy atom. The second kappa shape index (κ2) is 7.06. The summed E-state index contributed by atoms with van der Waals surface area (Å²) in [7, 11) is 0. The van der Waals surface area contributed by atoms with Crippen molar-refractivity contribution in [3.05, 3.63) is 66.9 Å². The van der Waals surface area contributed by atoms with Crippen LogP contribution in [0.5, 0.6) is 17.2 Å². The number of aromatic nitrogens is 2. The van der Waals surface area contributed by atoms with Crippen molar-refractivity contribution in [2.24, 2.45) is 0 Å². The van der Waals surface area contributed by atoms with E-state index < -0.39 is 11.5 Å². The van der Waals surface area contributed by atoms with Crippen LogP contribution in [-0.4, -0.2) is 25.1 Å². The van der Waals surface area contributed by atoms with Crippen molar-refractivity contribution >= 4 is 34.9 Å². The van der Waals surface area contributed by atoms with Gasteiger partial charge in [-0.15, -0.1) is 0 Å². The van der Waals surface area contributed by atoms with Gasteiger partial charge in [0.15, 0.2) is 11.5 Å². The van der Waals surface area contributed by atoms with Gasteiger partial charge in [-0.2, -0.15) is 0 Å². The van der Waals surface area contributed by atoms with Gasteiger partial charge in [0.2, 0.25) is 0 Å². The average molecular weight is 407 g/mol. The highest BCUT2D eigenvalue weighted by atomic mass is 35.5. The van der Waals surface area contributed by atoms with Crippen LogP contribution in [0.3, 0.4) is 0 Å². The summed E-state index contributed by atoms with van der Waals surface area (Å²) in [4.78, 5) is 13.0. The molecule has 0 radical (unpaired) electrons. The van der Waals surface area contributed by atoms with Gasteiger partial charge in [0.1, 0.15) is 5.75 Å². The van der Waals surface area contributed by atoms with Gasteiger partial charge < -0.3 is 15.3 Å². The van der Waals surface area contributed by atoms with Gasteiger partial charge in [-0.25, -0.2) is 4.68 Å². The molecule has 0 aliphatic rings. The molecule has 0 saturated heterocycles. The first-order valence-corrected chi connectivity index (χ1v) is 8.65. The molecule has 0 aliphatic heterocycles. The van der Waals surface area contributed by atoms with Crippen LogP contribution in [-0.2, 0) is 0 Å². The van der Waals surface area contributed by atoms with Crippen LogP contribution >= 0.6 is 23.2 Å². The molecule has 2 aromatic carbocycles. The first kappa shape index (κ1) is 18.9. The van der Waals surface area contributed by atoms with Gasteiger partial charge in [0.25, 0.3) is 5.56 Å². The summed E-state index contributed by atoms with van der Waals surface area (Å²) in [5.41, 5.74) is 1.13. The van der Waals surface area contributed by atoms with Crippen LogP contribution in [0.25, 0.3) is 17.3 Å². The number of hydrogen-bond donors (Lipinski definition) is 4. The van der Waals surface area contributed by atoms with Gasteiger partial charge in [-0.3, -0.25) is 9.89 Å². The summed E-state index contributed by atoms with van der Waals surface area (Å²) in [6.45, 7) is 3.66. The van der Waals surface area contributed by atoms with E-state index in [2.05, 4.69) is 5.10 Å². The molecule has 8 heteroatoms. The van der Waals surface area contributed by atoms with Gasteiger partial charge >= 0.3 is 0 Å². The maximum absolute atomic E-state index is 13.0. The highest BCUT2D eigenvalue weighted by molar-refractivity contribution is 6.42. The number of halogens is 2. The number of phenols is 3. The van der Waals surface area contributed by atoms with Crippen molar-refractivity contribution in [1.29, 1.82) is 0 Å². The Bertz CT molecular complexity index is 1220. The van der Waals surface area contributed by atoms with Crippen molar-refractivity contribution in [2.75, 3.05) is 0 Å². The number of hydrogen-bond acceptors (Lipinski definition) is 4. The summed E-state index contributed by atoms with van der Waals surface area (Å²) >= 11 is 12.0. The summed E-state index contributed by atoms with van der Waals surface area (Å²) in [5, 5.41) is 33.7. The molecular weight excluding hydrogens is 391 g/mol. The minimum Gasteiger partial charge on any atom is -0.507 e. The lowest BCUT2D eigenvalue weighted by Crippen LogP contribution is -2.35. The molecule has 0 amide bonds. The molecule has 27 heavy (non-hydrogen) atoms. The number of aromatic amines is 1. The zero-order valence-electron chi connectivity index (χ0n) is 14.4. The Morgan fingerprint density at radius 1 is 1.00 bits per heavy atom. The number of nitrogens with one attached hydrogen (secondary N) is 1. The van der Waals surface area contributed by atoms with Gasteiger partial charge in [-0.1, -0.05) is 28.8 Å². The monoisotopic (exact) mass is 406 g/mol. The van der Waals surface area contributed by atoms with E-state index in [-0.39, 0.29) is 22.1 Å². The van der Waals surface area contributed by atoms with Crippen molar-refractivity contribution in [1.82, 2.24) is 9.78 Å². The molecule has 1 aromatic heterocycles. The highest BCUT2D eigenvalue weighted by Crippen LogP contribution is 2.32. The fraction of sp³-hybridized carbons (Fsp3) is 0.105. The normalized spacial score (nSPS) is 11.8. The van der Waals surface area contributed by atoms with Crippen molar-refractivity contribution in [3.8, 4) is 22.9 Å². The smallest absolute Gasteiger partial charge is 0.279 e. The Balaban J connectivity index is 2.33. The lowest BCUT2D eigenvalue weighted by atomic mass is 10.1.